The Morgan fingerprint density at radius 1 is 0.926 bits per heavy atom. The average Bonchev–Trinajstić information content (AvgIpc) is 2.67. The number of amides is 2. The Morgan fingerprint density at radius 3 is 2.15 bits per heavy atom. The number of hydrogen-bond donors (Lipinski definition) is 2. The Morgan fingerprint density at radius 2 is 1.56 bits per heavy atom. The first-order valence-corrected chi connectivity index (χ1v) is 9.29. The highest BCUT2D eigenvalue weighted by Gasteiger charge is 2.08. The van der Waals surface area contributed by atoms with Gasteiger partial charge in [0.1, 0.15) is 11.5 Å². The van der Waals surface area contributed by atoms with Gasteiger partial charge in [-0.2, -0.15) is 0 Å². The second-order valence-corrected chi connectivity index (χ2v) is 6.69. The van der Waals surface area contributed by atoms with Gasteiger partial charge in [-0.3, -0.25) is 0 Å². The number of hydrogen-bond acceptors (Lipinski definition) is 5. The van der Waals surface area contributed by atoms with Gasteiger partial charge in [0, 0.05) is 25.8 Å². The smallest absolute Gasteiger partial charge is 0.329 e. The number of nitrogens with two attached hydrogens (primary N) is 1. The average molecular weight is 390 g/mol. The van der Waals surface area contributed by atoms with Crippen LogP contribution >= 0.6 is 12.8 Å². The normalized spacial score (nSPS) is 10.3. The molecule has 0 heterocycles. The van der Waals surface area contributed by atoms with E-state index in [4.69, 9.17) is 15.2 Å². The highest BCUT2D eigenvalue weighted by Crippen LogP contribution is 2.22. The Balaban J connectivity index is 1.62. The van der Waals surface area contributed by atoms with Crippen molar-refractivity contribution >= 4 is 30.2 Å². The van der Waals surface area contributed by atoms with Gasteiger partial charge >= 0.3 is 6.03 Å². The van der Waals surface area contributed by atoms with Crippen LogP contribution in [0, 0.1) is 0 Å². The molecule has 0 aliphatic heterocycles. The lowest BCUT2D eigenvalue weighted by Gasteiger charge is -2.14. The third-order valence-corrected chi connectivity index (χ3v) is 4.38. The van der Waals surface area contributed by atoms with Gasteiger partial charge in [0.05, 0.1) is 18.9 Å². The lowest BCUT2D eigenvalue weighted by atomic mass is 10.2. The molecule has 0 radical (unpaired) electrons. The van der Waals surface area contributed by atoms with E-state index in [2.05, 4.69) is 17.7 Å². The topological polar surface area (TPSA) is 68.0 Å². The number of benzene rings is 2. The second-order valence-electron chi connectivity index (χ2n) is 6.29. The summed E-state index contributed by atoms with van der Waals surface area (Å²) in [5, 5.41) is 0. The molecule has 0 saturated heterocycles. The fourth-order valence-electron chi connectivity index (χ4n) is 2.43. The van der Waals surface area contributed by atoms with Crippen molar-refractivity contribution in [1.82, 2.24) is 0 Å². The molecule has 0 aliphatic rings. The van der Waals surface area contributed by atoms with Crippen LogP contribution in [0.1, 0.15) is 19.3 Å². The Bertz CT molecular complexity index is 723. The van der Waals surface area contributed by atoms with Crippen LogP contribution in [-0.4, -0.2) is 33.3 Å². The molecule has 2 amide bonds. The van der Waals surface area contributed by atoms with E-state index in [1.165, 1.54) is 0 Å². The van der Waals surface area contributed by atoms with Crippen molar-refractivity contribution in [2.24, 2.45) is 5.73 Å². The molecule has 2 rings (SSSR count). The van der Waals surface area contributed by atoms with E-state index in [9.17, 15) is 4.79 Å². The maximum Gasteiger partial charge on any atom is 0.329 e. The van der Waals surface area contributed by atoms with E-state index in [-0.39, 0.29) is 0 Å². The van der Waals surface area contributed by atoms with Crippen molar-refractivity contribution in [2.75, 3.05) is 36.5 Å². The predicted octanol–water partition coefficient (Wildman–Crippen LogP) is 4.11. The number of nitrogens with zero attached hydrogens (tertiary/aromatic N) is 2. The molecule has 0 aromatic heterocycles. The Labute approximate surface area is 166 Å². The van der Waals surface area contributed by atoms with Crippen molar-refractivity contribution in [3.63, 3.8) is 0 Å². The quantitative estimate of drug-likeness (QED) is 0.474. The molecule has 2 aromatic carbocycles. The van der Waals surface area contributed by atoms with Crippen LogP contribution in [0.3, 0.4) is 0 Å². The minimum atomic E-state index is -0.633. The number of anilines is 2. The van der Waals surface area contributed by atoms with Gasteiger partial charge in [0.15, 0.2) is 0 Å². The highest BCUT2D eigenvalue weighted by atomic mass is 32.1. The van der Waals surface area contributed by atoms with Crippen molar-refractivity contribution in [2.45, 2.75) is 19.3 Å². The molecule has 2 aromatic rings. The number of rotatable bonds is 10. The number of ether oxygens (including phenoxy) is 2. The van der Waals surface area contributed by atoms with E-state index in [1.807, 2.05) is 44.4 Å². The van der Waals surface area contributed by atoms with E-state index in [0.717, 1.165) is 35.0 Å². The molecule has 7 heteroatoms. The van der Waals surface area contributed by atoms with Gasteiger partial charge in [-0.1, -0.05) is 18.9 Å². The van der Waals surface area contributed by atoms with Crippen molar-refractivity contribution in [3.8, 4) is 11.5 Å². The highest BCUT2D eigenvalue weighted by molar-refractivity contribution is 7.82. The van der Waals surface area contributed by atoms with Gasteiger partial charge in [0.2, 0.25) is 0 Å². The predicted molar refractivity (Wildman–Crippen MR) is 113 cm³/mol. The summed E-state index contributed by atoms with van der Waals surface area (Å²) < 4.78 is 12.6. The minimum absolute atomic E-state index is 0.581. The number of primary amides is 1. The zero-order valence-electron chi connectivity index (χ0n) is 15.8. The van der Waals surface area contributed by atoms with Crippen LogP contribution < -0.4 is 24.4 Å². The molecular formula is C20H27N3O3S. The molecule has 0 bridgehead atoms. The first-order valence-electron chi connectivity index (χ1n) is 8.89. The van der Waals surface area contributed by atoms with Gasteiger partial charge < -0.3 is 20.1 Å². The minimum Gasteiger partial charge on any atom is -0.494 e. The summed E-state index contributed by atoms with van der Waals surface area (Å²) in [6.07, 6.45) is 2.90. The number of carbonyl (C=O) groups excluding carboxylic acids is 1. The fraction of sp³-hybridized carbons (Fsp3) is 0.350. The van der Waals surface area contributed by atoms with E-state index in [1.54, 1.807) is 18.2 Å². The van der Waals surface area contributed by atoms with Crippen LogP contribution in [0.15, 0.2) is 48.5 Å². The van der Waals surface area contributed by atoms with E-state index >= 15 is 0 Å². The van der Waals surface area contributed by atoms with E-state index < -0.39 is 6.03 Å². The second kappa shape index (κ2) is 10.6. The zero-order valence-corrected chi connectivity index (χ0v) is 16.7. The van der Waals surface area contributed by atoms with Crippen LogP contribution in [0.25, 0.3) is 0 Å². The summed E-state index contributed by atoms with van der Waals surface area (Å²) in [5.41, 5.74) is 6.94. The Kier molecular flexibility index (Phi) is 8.13. The third-order valence-electron chi connectivity index (χ3n) is 3.95. The number of carbonyl (C=O) groups is 1. The maximum absolute atomic E-state index is 11.1. The fourth-order valence-corrected chi connectivity index (χ4v) is 2.56. The maximum atomic E-state index is 11.1. The first-order chi connectivity index (χ1) is 13.0. The molecular weight excluding hydrogens is 362 g/mol. The lowest BCUT2D eigenvalue weighted by molar-refractivity contribution is 0.257. The van der Waals surface area contributed by atoms with Gasteiger partial charge in [-0.15, -0.1) is 0 Å². The molecule has 2 N–H and O–H groups in total. The number of thiol groups is 1. The van der Waals surface area contributed by atoms with Crippen molar-refractivity contribution in [1.29, 1.82) is 0 Å². The zero-order chi connectivity index (χ0) is 19.6. The standard InChI is InChI=1S/C20H27N3O3S/c1-22(2)16-9-11-18(12-10-16)25-13-4-3-5-14-26-19-8-6-7-17(15-19)23(27)20(21)24/h6-12,15,27H,3-5,13-14H2,1-2H3,(H2,21,24). The number of urea groups is 1. The molecule has 0 fully saturated rings. The molecule has 6 nitrogen and oxygen atoms in total. The van der Waals surface area contributed by atoms with E-state index in [0.29, 0.717) is 24.7 Å². The van der Waals surface area contributed by atoms with Crippen LogP contribution in [0.5, 0.6) is 11.5 Å². The van der Waals surface area contributed by atoms with Crippen LogP contribution in [0.4, 0.5) is 16.2 Å². The molecule has 146 valence electrons. The summed E-state index contributed by atoms with van der Waals surface area (Å²) >= 11 is 4.04. The third kappa shape index (κ3) is 6.94. The molecule has 0 unspecified atom stereocenters. The SMILES string of the molecule is CN(C)c1ccc(OCCCCCOc2cccc(N(S)C(N)=O)c2)cc1. The van der Waals surface area contributed by atoms with Gasteiger partial charge in [-0.05, 0) is 55.7 Å². The summed E-state index contributed by atoms with van der Waals surface area (Å²) in [4.78, 5) is 13.2. The largest absolute Gasteiger partial charge is 0.494 e. The van der Waals surface area contributed by atoms with Gasteiger partial charge in [-0.25, -0.2) is 9.10 Å². The molecule has 0 saturated carbocycles. The monoisotopic (exact) mass is 389 g/mol. The van der Waals surface area contributed by atoms with Gasteiger partial charge in [0.25, 0.3) is 0 Å². The first kappa shape index (κ1) is 20.8. The van der Waals surface area contributed by atoms with Crippen LogP contribution in [-0.2, 0) is 0 Å². The summed E-state index contributed by atoms with van der Waals surface area (Å²) in [7, 11) is 4.03. The van der Waals surface area contributed by atoms with Crippen molar-refractivity contribution in [3.05, 3.63) is 48.5 Å². The van der Waals surface area contributed by atoms with Crippen LogP contribution in [0.2, 0.25) is 0 Å². The molecule has 27 heavy (non-hydrogen) atoms. The molecule has 0 spiro atoms. The summed E-state index contributed by atoms with van der Waals surface area (Å²) in [6, 6.07) is 14.5. The Hall–Kier alpha value is -2.54. The summed E-state index contributed by atoms with van der Waals surface area (Å²) in [5.74, 6) is 1.57. The number of unbranched alkanes of at least 4 members (excludes halogenated alkanes) is 2. The van der Waals surface area contributed by atoms with Crippen molar-refractivity contribution < 1.29 is 14.3 Å². The summed E-state index contributed by atoms with van der Waals surface area (Å²) in [6.45, 7) is 1.29. The molecule has 0 atom stereocenters. The molecule has 0 aliphatic carbocycles. The lowest BCUT2D eigenvalue weighted by Crippen LogP contribution is -2.27.